The number of aryl methyl sites for hydroxylation is 1. The lowest BCUT2D eigenvalue weighted by atomic mass is 9.97. The predicted molar refractivity (Wildman–Crippen MR) is 162 cm³/mol. The first-order valence-electron chi connectivity index (χ1n) is 14.5. The molecule has 1 aliphatic rings. The molecule has 13 nitrogen and oxygen atoms in total. The third kappa shape index (κ3) is 8.09. The number of carbonyl (C=O) groups is 2. The smallest absolute Gasteiger partial charge is 0.435 e. The first kappa shape index (κ1) is 33.9. The van der Waals surface area contributed by atoms with Gasteiger partial charge in [-0.3, -0.25) is 4.79 Å². The van der Waals surface area contributed by atoms with Gasteiger partial charge in [-0.25, -0.2) is 22.6 Å². The molecule has 0 aliphatic carbocycles. The fourth-order valence-corrected chi connectivity index (χ4v) is 5.89. The van der Waals surface area contributed by atoms with Gasteiger partial charge in [0.15, 0.2) is 5.69 Å². The molecule has 1 N–H and O–H groups in total. The second-order valence-corrected chi connectivity index (χ2v) is 12.4. The lowest BCUT2D eigenvalue weighted by Crippen LogP contribution is -2.44. The van der Waals surface area contributed by atoms with E-state index in [1.54, 1.807) is 54.6 Å². The molecule has 3 aromatic carbocycles. The minimum Gasteiger partial charge on any atom is -0.569 e. The molecule has 1 fully saturated rings. The van der Waals surface area contributed by atoms with Crippen molar-refractivity contribution in [2.24, 2.45) is 11.2 Å². The Morgan fingerprint density at radius 2 is 1.67 bits per heavy atom. The number of nitrogens with one attached hydrogen (secondary N) is 1. The topological polar surface area (TPSA) is 158 Å². The van der Waals surface area contributed by atoms with Gasteiger partial charge >= 0.3 is 12.1 Å². The number of ether oxygens (including phenoxy) is 1. The summed E-state index contributed by atoms with van der Waals surface area (Å²) in [5.41, 5.74) is 0.897. The van der Waals surface area contributed by atoms with Crippen LogP contribution in [0.5, 0.6) is 0 Å². The standard InChI is InChI=1S/C31H29F3N6O7S/c1-21-7-9-22(10-8-21)27-19-28(31(32,33)34)35-39(27)25-11-13-26(14-12-25)48(44,45)36-29(41)23-15-17-38(18-16-23)40(43)37-47-20-46-30(42)24-5-3-2-4-6-24/h2-14,19,23H,15-18,20H2,1H3,(H,36,41). The van der Waals surface area contributed by atoms with E-state index in [4.69, 9.17) is 9.57 Å². The van der Waals surface area contributed by atoms with Crippen molar-refractivity contribution in [1.82, 2.24) is 19.5 Å². The number of alkyl halides is 3. The van der Waals surface area contributed by atoms with Gasteiger partial charge in [0.2, 0.25) is 11.2 Å². The number of hydrogen-bond acceptors (Lipinski definition) is 9. The Kier molecular flexibility index (Phi) is 9.98. The molecule has 0 radical (unpaired) electrons. The van der Waals surface area contributed by atoms with Crippen LogP contribution in [0.2, 0.25) is 0 Å². The zero-order valence-electron chi connectivity index (χ0n) is 25.3. The minimum absolute atomic E-state index is 0.0556. The second-order valence-electron chi connectivity index (χ2n) is 10.8. The fourth-order valence-electron chi connectivity index (χ4n) is 4.85. The van der Waals surface area contributed by atoms with Crippen LogP contribution in [-0.4, -0.2) is 59.9 Å². The quantitative estimate of drug-likeness (QED) is 0.0605. The van der Waals surface area contributed by atoms with Crippen LogP contribution in [0, 0.1) is 18.0 Å². The molecule has 0 bridgehead atoms. The van der Waals surface area contributed by atoms with Gasteiger partial charge in [0.05, 0.1) is 39.9 Å². The van der Waals surface area contributed by atoms with Gasteiger partial charge < -0.3 is 14.8 Å². The van der Waals surface area contributed by atoms with Gasteiger partial charge in [-0.05, 0) is 62.2 Å². The average Bonchev–Trinajstić information content (AvgIpc) is 3.54. The Morgan fingerprint density at radius 1 is 1.02 bits per heavy atom. The number of rotatable bonds is 10. The van der Waals surface area contributed by atoms with Crippen LogP contribution >= 0.6 is 0 Å². The van der Waals surface area contributed by atoms with E-state index in [1.807, 2.05) is 11.6 Å². The number of halogens is 3. The van der Waals surface area contributed by atoms with Gasteiger partial charge in [-0.2, -0.15) is 18.3 Å². The Balaban J connectivity index is 1.17. The SMILES string of the molecule is Cc1ccc(-c2cc(C(F)(F)F)nn2-c2ccc(S(=O)(=O)NC(=O)C3CCN([N+]([O-])=NOCOC(=O)c4ccccc4)CC3)cc2)cc1. The maximum Gasteiger partial charge on any atom is 0.435 e. The van der Waals surface area contributed by atoms with Crippen LogP contribution in [0.15, 0.2) is 95.1 Å². The van der Waals surface area contributed by atoms with E-state index in [9.17, 15) is 36.4 Å². The number of hydrazine groups is 1. The molecule has 0 atom stereocenters. The number of carbonyl (C=O) groups excluding carboxylic acids is 2. The van der Waals surface area contributed by atoms with Crippen LogP contribution in [0.25, 0.3) is 16.9 Å². The molecule has 252 valence electrons. The lowest BCUT2D eigenvalue weighted by Gasteiger charge is -2.27. The number of benzene rings is 3. The van der Waals surface area contributed by atoms with Gasteiger partial charge in [0, 0.05) is 11.5 Å². The largest absolute Gasteiger partial charge is 0.569 e. The summed E-state index contributed by atoms with van der Waals surface area (Å²) >= 11 is 0. The van der Waals surface area contributed by atoms with Gasteiger partial charge in [-0.15, -0.1) is 5.01 Å². The molecule has 17 heteroatoms. The molecule has 2 heterocycles. The van der Waals surface area contributed by atoms with E-state index in [-0.39, 0.29) is 47.2 Å². The van der Waals surface area contributed by atoms with E-state index in [1.165, 1.54) is 17.1 Å². The first-order valence-corrected chi connectivity index (χ1v) is 16.0. The number of sulfonamides is 1. The fraction of sp³-hybridized carbons (Fsp3) is 0.258. The average molecular weight is 687 g/mol. The van der Waals surface area contributed by atoms with Gasteiger partial charge in [-0.1, -0.05) is 48.0 Å². The number of esters is 1. The Labute approximate surface area is 272 Å². The molecule has 48 heavy (non-hydrogen) atoms. The summed E-state index contributed by atoms with van der Waals surface area (Å²) < 4.78 is 74.6. The van der Waals surface area contributed by atoms with E-state index in [0.717, 1.165) is 28.4 Å². The summed E-state index contributed by atoms with van der Waals surface area (Å²) in [5, 5.41) is 20.5. The molecule has 0 spiro atoms. The normalized spacial score (nSPS) is 14.4. The van der Waals surface area contributed by atoms with E-state index < -0.39 is 46.5 Å². The number of aromatic nitrogens is 2. The molecular formula is C31H29F3N6O7S. The highest BCUT2D eigenvalue weighted by Crippen LogP contribution is 2.33. The maximum atomic E-state index is 13.5. The summed E-state index contributed by atoms with van der Waals surface area (Å²) in [6.07, 6.45) is -4.46. The molecule has 1 aliphatic heterocycles. The van der Waals surface area contributed by atoms with Crippen LogP contribution in [0.4, 0.5) is 13.2 Å². The molecular weight excluding hydrogens is 657 g/mol. The Morgan fingerprint density at radius 3 is 2.29 bits per heavy atom. The summed E-state index contributed by atoms with van der Waals surface area (Å²) in [4.78, 5) is 29.4. The monoisotopic (exact) mass is 686 g/mol. The minimum atomic E-state index is -4.71. The zero-order chi connectivity index (χ0) is 34.5. The van der Waals surface area contributed by atoms with Gasteiger partial charge in [0.25, 0.3) is 16.8 Å². The van der Waals surface area contributed by atoms with Crippen molar-refractivity contribution in [3.05, 3.63) is 107 Å². The van der Waals surface area contributed by atoms with Crippen molar-refractivity contribution < 1.29 is 45.7 Å². The molecule has 0 saturated carbocycles. The maximum absolute atomic E-state index is 13.5. The van der Waals surface area contributed by atoms with Crippen molar-refractivity contribution in [2.75, 3.05) is 19.9 Å². The molecule has 4 aromatic rings. The first-order chi connectivity index (χ1) is 22.8. The number of nitrogens with zero attached hydrogens (tertiary/aromatic N) is 5. The molecule has 0 unspecified atom stereocenters. The Hall–Kier alpha value is -5.45. The highest BCUT2D eigenvalue weighted by Gasteiger charge is 2.35. The van der Waals surface area contributed by atoms with Crippen LogP contribution < -0.4 is 4.72 Å². The van der Waals surface area contributed by atoms with Crippen molar-refractivity contribution >= 4 is 21.9 Å². The van der Waals surface area contributed by atoms with E-state index in [2.05, 4.69) is 10.4 Å². The van der Waals surface area contributed by atoms with E-state index in [0.29, 0.717) is 11.1 Å². The van der Waals surface area contributed by atoms with Crippen molar-refractivity contribution in [2.45, 2.75) is 30.8 Å². The summed E-state index contributed by atoms with van der Waals surface area (Å²) in [5.74, 6) is -2.18. The molecule has 5 rings (SSSR count). The molecule has 1 amide bonds. The summed E-state index contributed by atoms with van der Waals surface area (Å²) in [7, 11) is -4.34. The molecule has 1 saturated heterocycles. The van der Waals surface area contributed by atoms with Gasteiger partial charge in [0.1, 0.15) is 0 Å². The second kappa shape index (κ2) is 14.1. The van der Waals surface area contributed by atoms with Crippen LogP contribution in [0.1, 0.15) is 34.5 Å². The number of piperidine rings is 1. The van der Waals surface area contributed by atoms with Crippen molar-refractivity contribution in [3.8, 4) is 16.9 Å². The van der Waals surface area contributed by atoms with E-state index >= 15 is 0 Å². The predicted octanol–water partition coefficient (Wildman–Crippen LogP) is 5.01. The van der Waals surface area contributed by atoms with Crippen LogP contribution in [-0.2, 0) is 30.6 Å². The van der Waals surface area contributed by atoms with Crippen LogP contribution in [0.3, 0.4) is 0 Å². The Bertz CT molecular complexity index is 1890. The number of hydrogen-bond donors (Lipinski definition) is 1. The summed E-state index contributed by atoms with van der Waals surface area (Å²) in [6, 6.07) is 20.8. The third-order valence-corrected chi connectivity index (χ3v) is 8.80. The molecule has 1 aromatic heterocycles. The highest BCUT2D eigenvalue weighted by atomic mass is 32.2. The highest BCUT2D eigenvalue weighted by molar-refractivity contribution is 7.90. The lowest BCUT2D eigenvalue weighted by molar-refractivity contribution is -0.713. The summed E-state index contributed by atoms with van der Waals surface area (Å²) in [6.45, 7) is 1.35. The zero-order valence-corrected chi connectivity index (χ0v) is 26.1. The third-order valence-electron chi connectivity index (χ3n) is 7.44. The number of amides is 1. The van der Waals surface area contributed by atoms with Crippen molar-refractivity contribution in [1.29, 1.82) is 0 Å². The van der Waals surface area contributed by atoms with Crippen molar-refractivity contribution in [3.63, 3.8) is 0 Å².